The van der Waals surface area contributed by atoms with Gasteiger partial charge in [-0.1, -0.05) is 12.1 Å². The Kier molecular flexibility index (Phi) is 6.21. The second-order valence-corrected chi connectivity index (χ2v) is 4.88. The third-order valence-corrected chi connectivity index (χ3v) is 3.20. The summed E-state index contributed by atoms with van der Waals surface area (Å²) in [5.74, 6) is 1.24. The summed E-state index contributed by atoms with van der Waals surface area (Å²) in [7, 11) is 3.14. The van der Waals surface area contributed by atoms with E-state index >= 15 is 0 Å². The minimum Gasteiger partial charge on any atom is -0.493 e. The summed E-state index contributed by atoms with van der Waals surface area (Å²) in [6.07, 6.45) is 2.29. The number of benzene rings is 1. The first-order chi connectivity index (χ1) is 12.1. The molecule has 2 rings (SSSR count). The smallest absolute Gasteiger partial charge is 0.415 e. The van der Waals surface area contributed by atoms with Gasteiger partial charge in [0.2, 0.25) is 0 Å². The Hall–Kier alpha value is -3.23. The minimum atomic E-state index is -0.812. The zero-order valence-electron chi connectivity index (χ0n) is 14.2. The lowest BCUT2D eigenvalue weighted by Crippen LogP contribution is -2.34. The van der Waals surface area contributed by atoms with E-state index in [0.717, 1.165) is 5.56 Å². The maximum absolute atomic E-state index is 11.7. The molecule has 1 aromatic heterocycles. The molecule has 3 amide bonds. The van der Waals surface area contributed by atoms with Gasteiger partial charge >= 0.3 is 12.1 Å². The molecule has 2 N–H and O–H groups in total. The van der Waals surface area contributed by atoms with Gasteiger partial charge in [0.25, 0.3) is 0 Å². The van der Waals surface area contributed by atoms with E-state index in [4.69, 9.17) is 9.47 Å². The number of amides is 3. The molecule has 2 aromatic rings. The van der Waals surface area contributed by atoms with Crippen molar-refractivity contribution in [3.8, 4) is 11.5 Å². The van der Waals surface area contributed by atoms with Crippen LogP contribution in [0.5, 0.6) is 11.5 Å². The van der Waals surface area contributed by atoms with E-state index in [1.807, 2.05) is 17.4 Å². The Morgan fingerprint density at radius 1 is 1.24 bits per heavy atom. The molecule has 0 bridgehead atoms. The first kappa shape index (κ1) is 18.1. The number of carbonyl (C=O) groups is 2. The third-order valence-electron chi connectivity index (χ3n) is 3.20. The number of carbonyl (C=O) groups excluding carboxylic acids is 2. The molecular weight excluding hydrogens is 328 g/mol. The maximum Gasteiger partial charge on any atom is 0.415 e. The molecule has 0 spiro atoms. The summed E-state index contributed by atoms with van der Waals surface area (Å²) < 4.78 is 16.9. The monoisotopic (exact) mass is 348 g/mol. The number of nitrogens with zero attached hydrogens (tertiary/aromatic N) is 2. The van der Waals surface area contributed by atoms with E-state index in [2.05, 4.69) is 15.2 Å². The summed E-state index contributed by atoms with van der Waals surface area (Å²) in [5, 5.41) is 8.71. The van der Waals surface area contributed by atoms with Crippen molar-refractivity contribution < 1.29 is 23.8 Å². The molecule has 0 aliphatic rings. The van der Waals surface area contributed by atoms with Crippen molar-refractivity contribution >= 4 is 17.8 Å². The van der Waals surface area contributed by atoms with Crippen LogP contribution in [0.4, 0.5) is 15.3 Å². The van der Waals surface area contributed by atoms with Gasteiger partial charge in [0, 0.05) is 11.8 Å². The summed E-state index contributed by atoms with van der Waals surface area (Å²) in [5.41, 5.74) is 1.30. The van der Waals surface area contributed by atoms with Crippen molar-refractivity contribution in [1.82, 2.24) is 15.1 Å². The maximum atomic E-state index is 11.7. The van der Waals surface area contributed by atoms with Crippen molar-refractivity contribution in [2.45, 2.75) is 13.5 Å². The summed E-state index contributed by atoms with van der Waals surface area (Å²) >= 11 is 0. The lowest BCUT2D eigenvalue weighted by atomic mass is 10.2. The average Bonchev–Trinajstić information content (AvgIpc) is 3.01. The van der Waals surface area contributed by atoms with Gasteiger partial charge < -0.3 is 19.5 Å². The van der Waals surface area contributed by atoms with E-state index in [-0.39, 0.29) is 6.61 Å². The quantitative estimate of drug-likeness (QED) is 0.830. The molecule has 1 heterocycles. The molecule has 0 aliphatic heterocycles. The highest BCUT2D eigenvalue weighted by molar-refractivity contribution is 5.98. The normalized spacial score (nSPS) is 10.0. The Morgan fingerprint density at radius 3 is 2.72 bits per heavy atom. The fourth-order valence-electron chi connectivity index (χ4n) is 2.19. The number of nitrogens with one attached hydrogen (secondary N) is 2. The van der Waals surface area contributed by atoms with Gasteiger partial charge in [0.1, 0.15) is 0 Å². The van der Waals surface area contributed by atoms with Crippen LogP contribution in [-0.4, -0.2) is 42.7 Å². The van der Waals surface area contributed by atoms with Crippen LogP contribution in [0, 0.1) is 0 Å². The molecule has 0 atom stereocenters. The molecule has 0 radical (unpaired) electrons. The Balaban J connectivity index is 2.02. The predicted octanol–water partition coefficient (Wildman–Crippen LogP) is 2.23. The van der Waals surface area contributed by atoms with E-state index in [1.54, 1.807) is 38.1 Å². The molecule has 25 heavy (non-hydrogen) atoms. The molecule has 134 valence electrons. The number of anilines is 1. The van der Waals surface area contributed by atoms with E-state index in [0.29, 0.717) is 23.7 Å². The minimum absolute atomic E-state index is 0.180. The van der Waals surface area contributed by atoms with E-state index in [1.165, 1.54) is 6.20 Å². The fourth-order valence-corrected chi connectivity index (χ4v) is 2.19. The number of methoxy groups -OCH3 is 2. The van der Waals surface area contributed by atoms with Gasteiger partial charge in [-0.25, -0.2) is 14.9 Å². The second kappa shape index (κ2) is 8.57. The van der Waals surface area contributed by atoms with Gasteiger partial charge in [-0.05, 0) is 13.0 Å². The molecule has 0 saturated heterocycles. The molecule has 1 aromatic carbocycles. The van der Waals surface area contributed by atoms with E-state index in [9.17, 15) is 9.59 Å². The van der Waals surface area contributed by atoms with Crippen LogP contribution in [0.3, 0.4) is 0 Å². The van der Waals surface area contributed by atoms with Crippen molar-refractivity contribution in [3.63, 3.8) is 0 Å². The van der Waals surface area contributed by atoms with Crippen LogP contribution >= 0.6 is 0 Å². The van der Waals surface area contributed by atoms with Gasteiger partial charge in [-0.3, -0.25) is 4.68 Å². The van der Waals surface area contributed by atoms with Crippen LogP contribution in [0.1, 0.15) is 12.5 Å². The van der Waals surface area contributed by atoms with Crippen LogP contribution in [-0.2, 0) is 11.3 Å². The number of alkyl carbamates (subject to hydrolysis) is 1. The highest BCUT2D eigenvalue weighted by atomic mass is 16.5. The van der Waals surface area contributed by atoms with Gasteiger partial charge in [-0.15, -0.1) is 0 Å². The SMILES string of the molecule is CCOC(=O)NC(=O)Nc1cnn(Cc2cccc(OC)c2OC)c1. The lowest BCUT2D eigenvalue weighted by Gasteiger charge is -2.12. The molecule has 0 fully saturated rings. The number of aromatic nitrogens is 2. The number of ether oxygens (including phenoxy) is 3. The summed E-state index contributed by atoms with van der Waals surface area (Å²) in [6, 6.07) is 4.85. The Bertz CT molecular complexity index is 744. The summed E-state index contributed by atoms with van der Waals surface area (Å²) in [6.45, 7) is 2.25. The number of rotatable bonds is 6. The second-order valence-electron chi connectivity index (χ2n) is 4.88. The first-order valence-corrected chi connectivity index (χ1v) is 7.54. The van der Waals surface area contributed by atoms with Crippen LogP contribution in [0.15, 0.2) is 30.6 Å². The molecular formula is C16H20N4O5. The lowest BCUT2D eigenvalue weighted by molar-refractivity contribution is 0.154. The highest BCUT2D eigenvalue weighted by Gasteiger charge is 2.12. The fraction of sp³-hybridized carbons (Fsp3) is 0.312. The number of urea groups is 1. The van der Waals surface area contributed by atoms with Crippen molar-refractivity contribution in [3.05, 3.63) is 36.2 Å². The molecule has 0 saturated carbocycles. The van der Waals surface area contributed by atoms with E-state index < -0.39 is 12.1 Å². The van der Waals surface area contributed by atoms with Crippen LogP contribution < -0.4 is 20.1 Å². The number of para-hydroxylation sites is 1. The number of hydrogen-bond acceptors (Lipinski definition) is 6. The largest absolute Gasteiger partial charge is 0.493 e. The van der Waals surface area contributed by atoms with Crippen LogP contribution in [0.2, 0.25) is 0 Å². The number of hydrogen-bond donors (Lipinski definition) is 2. The zero-order chi connectivity index (χ0) is 18.2. The molecule has 0 unspecified atom stereocenters. The van der Waals surface area contributed by atoms with Gasteiger partial charge in [-0.2, -0.15) is 5.10 Å². The van der Waals surface area contributed by atoms with Crippen molar-refractivity contribution in [2.24, 2.45) is 0 Å². The van der Waals surface area contributed by atoms with Crippen molar-refractivity contribution in [2.75, 3.05) is 26.1 Å². The zero-order valence-corrected chi connectivity index (χ0v) is 14.2. The summed E-state index contributed by atoms with van der Waals surface area (Å²) in [4.78, 5) is 22.8. The topological polar surface area (TPSA) is 104 Å². The third kappa shape index (κ3) is 4.87. The van der Waals surface area contributed by atoms with Gasteiger partial charge in [0.05, 0.1) is 39.3 Å². The van der Waals surface area contributed by atoms with Gasteiger partial charge in [0.15, 0.2) is 11.5 Å². The molecule has 0 aliphatic carbocycles. The Morgan fingerprint density at radius 2 is 2.04 bits per heavy atom. The average molecular weight is 348 g/mol. The molecule has 9 nitrogen and oxygen atoms in total. The highest BCUT2D eigenvalue weighted by Crippen LogP contribution is 2.31. The van der Waals surface area contributed by atoms with Crippen LogP contribution in [0.25, 0.3) is 0 Å². The van der Waals surface area contributed by atoms with Crippen molar-refractivity contribution in [1.29, 1.82) is 0 Å². The Labute approximate surface area is 144 Å². The first-order valence-electron chi connectivity index (χ1n) is 7.54. The molecule has 9 heteroatoms. The number of imide groups is 1. The standard InChI is InChI=1S/C16H20N4O5/c1-4-25-16(22)19-15(21)18-12-8-17-20(10-12)9-11-6-5-7-13(23-2)14(11)24-3/h5-8,10H,4,9H2,1-3H3,(H2,18,19,21,22). The predicted molar refractivity (Wildman–Crippen MR) is 90.1 cm³/mol.